The minimum absolute atomic E-state index is 0.0454. The number of carboxylic acid groups (broad SMARTS) is 1. The zero-order chi connectivity index (χ0) is 16.6. The molecule has 1 aromatic heterocycles. The maximum atomic E-state index is 12.1. The number of nitrogens with zero attached hydrogens (tertiary/aromatic N) is 2. The molecule has 2 saturated heterocycles. The Kier molecular flexibility index (Phi) is 4.98. The van der Waals surface area contributed by atoms with Crippen molar-refractivity contribution in [2.75, 3.05) is 31.1 Å². The summed E-state index contributed by atoms with van der Waals surface area (Å²) >= 11 is 7.48. The number of carbonyl (C=O) groups is 1. The number of thiophene rings is 1. The molecule has 0 aliphatic carbocycles. The second kappa shape index (κ2) is 6.68. The molecular formula is C14H19ClN2O4S2. The molecule has 0 unspecified atom stereocenters. The van der Waals surface area contributed by atoms with E-state index in [0.717, 1.165) is 15.8 Å². The Morgan fingerprint density at radius 3 is 2.52 bits per heavy atom. The molecule has 1 N–H and O–H groups in total. The summed E-state index contributed by atoms with van der Waals surface area (Å²) in [7, 11) is -3.07. The van der Waals surface area contributed by atoms with Gasteiger partial charge in [-0.15, -0.1) is 11.3 Å². The third-order valence-corrected chi connectivity index (χ3v) is 7.42. The lowest BCUT2D eigenvalue weighted by molar-refractivity contribution is -0.137. The maximum Gasteiger partial charge on any atom is 0.304 e. The molecule has 9 heteroatoms. The lowest BCUT2D eigenvalue weighted by Gasteiger charge is -2.43. The van der Waals surface area contributed by atoms with Gasteiger partial charge >= 0.3 is 5.97 Å². The summed E-state index contributed by atoms with van der Waals surface area (Å²) in [4.78, 5) is 16.2. The lowest BCUT2D eigenvalue weighted by Crippen LogP contribution is -2.58. The second-order valence-corrected chi connectivity index (χ2v) is 10.0. The van der Waals surface area contributed by atoms with Crippen LogP contribution in [-0.4, -0.2) is 72.5 Å². The topological polar surface area (TPSA) is 77.9 Å². The first kappa shape index (κ1) is 17.2. The number of sulfone groups is 1. The van der Waals surface area contributed by atoms with Crippen LogP contribution < -0.4 is 0 Å². The fourth-order valence-electron chi connectivity index (χ4n) is 3.45. The molecule has 3 rings (SSSR count). The van der Waals surface area contributed by atoms with Crippen molar-refractivity contribution >= 4 is 38.7 Å². The van der Waals surface area contributed by atoms with E-state index in [1.165, 1.54) is 11.3 Å². The van der Waals surface area contributed by atoms with E-state index in [1.54, 1.807) is 0 Å². The molecule has 1 aromatic rings. The largest absolute Gasteiger partial charge is 0.481 e. The first-order valence-corrected chi connectivity index (χ1v) is 10.5. The Hall–Kier alpha value is -0.670. The van der Waals surface area contributed by atoms with Gasteiger partial charge in [0.2, 0.25) is 0 Å². The van der Waals surface area contributed by atoms with Gasteiger partial charge in [0.05, 0.1) is 22.3 Å². The fraction of sp³-hybridized carbons (Fsp3) is 0.643. The molecule has 2 aliphatic rings. The number of fused-ring (bicyclic) bond motifs is 1. The molecule has 23 heavy (non-hydrogen) atoms. The van der Waals surface area contributed by atoms with E-state index in [2.05, 4.69) is 4.90 Å². The van der Waals surface area contributed by atoms with Gasteiger partial charge in [0.1, 0.15) is 0 Å². The third-order valence-electron chi connectivity index (χ3n) is 4.51. The molecule has 0 amide bonds. The minimum Gasteiger partial charge on any atom is -0.481 e. The van der Waals surface area contributed by atoms with Crippen LogP contribution in [-0.2, 0) is 21.2 Å². The van der Waals surface area contributed by atoms with Crippen LogP contribution in [0.5, 0.6) is 0 Å². The van der Waals surface area contributed by atoms with E-state index >= 15 is 0 Å². The van der Waals surface area contributed by atoms with E-state index in [4.69, 9.17) is 16.7 Å². The molecule has 0 bridgehead atoms. The van der Waals surface area contributed by atoms with Gasteiger partial charge in [-0.05, 0) is 12.1 Å². The molecule has 0 aromatic carbocycles. The number of aliphatic carboxylic acids is 1. The first-order valence-electron chi connectivity index (χ1n) is 7.48. The number of piperazine rings is 1. The van der Waals surface area contributed by atoms with Crippen molar-refractivity contribution in [1.29, 1.82) is 0 Å². The minimum atomic E-state index is -3.07. The lowest BCUT2D eigenvalue weighted by atomic mass is 10.0. The molecular weight excluding hydrogens is 360 g/mol. The zero-order valence-corrected chi connectivity index (χ0v) is 14.9. The van der Waals surface area contributed by atoms with Crippen LogP contribution in [0.25, 0.3) is 0 Å². The van der Waals surface area contributed by atoms with Gasteiger partial charge in [0, 0.05) is 43.1 Å². The smallest absolute Gasteiger partial charge is 0.304 e. The van der Waals surface area contributed by atoms with Crippen LogP contribution in [0.3, 0.4) is 0 Å². The van der Waals surface area contributed by atoms with Crippen molar-refractivity contribution in [3.05, 3.63) is 21.3 Å². The van der Waals surface area contributed by atoms with Crippen LogP contribution >= 0.6 is 22.9 Å². The number of hydrogen-bond acceptors (Lipinski definition) is 6. The Morgan fingerprint density at radius 1 is 1.26 bits per heavy atom. The summed E-state index contributed by atoms with van der Waals surface area (Å²) in [5, 5.41) is 8.87. The summed E-state index contributed by atoms with van der Waals surface area (Å²) in [5.41, 5.74) is 0. The monoisotopic (exact) mass is 378 g/mol. The van der Waals surface area contributed by atoms with E-state index in [9.17, 15) is 13.2 Å². The normalized spacial score (nSPS) is 27.9. The Morgan fingerprint density at radius 2 is 1.91 bits per heavy atom. The SMILES string of the molecule is O=C(O)CCN1CCN(Cc2ccc(Cl)s2)[C@H]2CS(=O)(=O)C[C@H]21. The second-order valence-electron chi connectivity index (χ2n) is 6.07. The van der Waals surface area contributed by atoms with Crippen molar-refractivity contribution in [3.8, 4) is 0 Å². The van der Waals surface area contributed by atoms with Crippen LogP contribution in [0, 0.1) is 0 Å². The van der Waals surface area contributed by atoms with E-state index in [-0.39, 0.29) is 30.0 Å². The number of hydrogen-bond donors (Lipinski definition) is 1. The van der Waals surface area contributed by atoms with Crippen molar-refractivity contribution in [1.82, 2.24) is 9.80 Å². The van der Waals surface area contributed by atoms with Crippen LogP contribution in [0.15, 0.2) is 12.1 Å². The predicted octanol–water partition coefficient (Wildman–Crippen LogP) is 1.16. The van der Waals surface area contributed by atoms with Crippen LogP contribution in [0.4, 0.5) is 0 Å². The Bertz CT molecular complexity index is 691. The number of rotatable bonds is 5. The summed E-state index contributed by atoms with van der Waals surface area (Å²) in [5.74, 6) is -0.572. The standard InChI is InChI=1S/C14H19ClN2O4S2/c15-13-2-1-10(22-13)7-17-6-5-16(4-3-14(18)19)11-8-23(20,21)9-12(11)17/h1-2,11-12H,3-9H2,(H,18,19)/t11-,12+/m1/s1. The van der Waals surface area contributed by atoms with Crippen molar-refractivity contribution < 1.29 is 18.3 Å². The molecule has 6 nitrogen and oxygen atoms in total. The quantitative estimate of drug-likeness (QED) is 0.828. The number of halogens is 1. The van der Waals surface area contributed by atoms with Crippen molar-refractivity contribution in [2.45, 2.75) is 25.0 Å². The summed E-state index contributed by atoms with van der Waals surface area (Å²) in [6, 6.07) is 3.66. The molecule has 2 atom stereocenters. The highest BCUT2D eigenvalue weighted by atomic mass is 35.5. The molecule has 3 heterocycles. The molecule has 2 fully saturated rings. The third kappa shape index (κ3) is 4.06. The predicted molar refractivity (Wildman–Crippen MR) is 89.8 cm³/mol. The summed E-state index contributed by atoms with van der Waals surface area (Å²) in [6.07, 6.45) is 0.0454. The van der Waals surface area contributed by atoms with Crippen molar-refractivity contribution in [2.24, 2.45) is 0 Å². The van der Waals surface area contributed by atoms with E-state index in [0.29, 0.717) is 19.6 Å². The van der Waals surface area contributed by atoms with Gasteiger partial charge in [-0.2, -0.15) is 0 Å². The highest BCUT2D eigenvalue weighted by Gasteiger charge is 2.46. The molecule has 128 valence electrons. The number of carboxylic acids is 1. The molecule has 0 spiro atoms. The van der Waals surface area contributed by atoms with Crippen molar-refractivity contribution in [3.63, 3.8) is 0 Å². The first-order chi connectivity index (χ1) is 10.8. The van der Waals surface area contributed by atoms with Gasteiger partial charge in [-0.1, -0.05) is 11.6 Å². The van der Waals surface area contributed by atoms with Crippen LogP contribution in [0.1, 0.15) is 11.3 Å². The highest BCUT2D eigenvalue weighted by molar-refractivity contribution is 7.91. The highest BCUT2D eigenvalue weighted by Crippen LogP contribution is 2.30. The van der Waals surface area contributed by atoms with Gasteiger partial charge in [-0.25, -0.2) is 8.42 Å². The van der Waals surface area contributed by atoms with Gasteiger partial charge in [0.15, 0.2) is 9.84 Å². The Balaban J connectivity index is 1.74. The fourth-order valence-corrected chi connectivity index (χ4v) is 6.60. The summed E-state index contributed by atoms with van der Waals surface area (Å²) < 4.78 is 24.9. The average molecular weight is 379 g/mol. The van der Waals surface area contributed by atoms with Crippen LogP contribution in [0.2, 0.25) is 4.34 Å². The summed E-state index contributed by atoms with van der Waals surface area (Å²) in [6.45, 7) is 2.54. The van der Waals surface area contributed by atoms with Gasteiger partial charge in [-0.3, -0.25) is 14.6 Å². The molecule has 2 aliphatic heterocycles. The Labute approximate surface area is 144 Å². The van der Waals surface area contributed by atoms with E-state index < -0.39 is 15.8 Å². The maximum absolute atomic E-state index is 12.1. The van der Waals surface area contributed by atoms with E-state index in [1.807, 2.05) is 17.0 Å². The van der Waals surface area contributed by atoms with Gasteiger partial charge in [0.25, 0.3) is 0 Å². The van der Waals surface area contributed by atoms with Gasteiger partial charge < -0.3 is 5.11 Å². The molecule has 0 saturated carbocycles. The average Bonchev–Trinajstić information content (AvgIpc) is 3.00. The zero-order valence-electron chi connectivity index (χ0n) is 12.5. The molecule has 0 radical (unpaired) electrons.